The van der Waals surface area contributed by atoms with Crippen LogP contribution in [-0.2, 0) is 11.2 Å². The van der Waals surface area contributed by atoms with Gasteiger partial charge in [0.15, 0.2) is 0 Å². The number of aromatic hydroxyl groups is 2. The van der Waals surface area contributed by atoms with E-state index < -0.39 is 18.6 Å². The Morgan fingerprint density at radius 1 is 1.39 bits per heavy atom. The van der Waals surface area contributed by atoms with Gasteiger partial charge in [0.2, 0.25) is 5.91 Å². The Kier molecular flexibility index (Phi) is 4.94. The molecule has 100 valence electrons. The van der Waals surface area contributed by atoms with Crippen LogP contribution in [0.1, 0.15) is 11.1 Å². The standard InChI is InChI=1S/C12H18N2O4/c1-7-10(16)4-8(5-11(7)17)2-3-14-12(18)9(13)6-15/h4-5,9,15-17H,2-3,6,13H2,1H3,(H,14,18)/t9-/m0/s1. The molecular formula is C12H18N2O4. The predicted molar refractivity (Wildman–Crippen MR) is 66.3 cm³/mol. The maximum Gasteiger partial charge on any atom is 0.239 e. The predicted octanol–water partition coefficient (Wildman–Crippen LogP) is -0.615. The van der Waals surface area contributed by atoms with Crippen LogP contribution in [0.3, 0.4) is 0 Å². The first-order valence-corrected chi connectivity index (χ1v) is 5.61. The second-order valence-electron chi connectivity index (χ2n) is 4.09. The molecule has 0 radical (unpaired) electrons. The van der Waals surface area contributed by atoms with E-state index in [0.29, 0.717) is 24.1 Å². The lowest BCUT2D eigenvalue weighted by atomic mass is 10.1. The first kappa shape index (κ1) is 14.3. The minimum absolute atomic E-state index is 0.0170. The highest BCUT2D eigenvalue weighted by Gasteiger charge is 2.11. The maximum absolute atomic E-state index is 11.3. The van der Waals surface area contributed by atoms with Crippen LogP contribution in [0.5, 0.6) is 11.5 Å². The van der Waals surface area contributed by atoms with Gasteiger partial charge in [-0.15, -0.1) is 0 Å². The number of aliphatic hydroxyl groups is 1. The van der Waals surface area contributed by atoms with Crippen LogP contribution in [-0.4, -0.2) is 40.4 Å². The molecule has 0 saturated carbocycles. The van der Waals surface area contributed by atoms with Crippen molar-refractivity contribution in [3.05, 3.63) is 23.3 Å². The van der Waals surface area contributed by atoms with E-state index >= 15 is 0 Å². The minimum Gasteiger partial charge on any atom is -0.508 e. The molecule has 6 heteroatoms. The molecule has 0 unspecified atom stereocenters. The molecule has 0 saturated heterocycles. The summed E-state index contributed by atoms with van der Waals surface area (Å²) in [5.74, 6) is -0.398. The van der Waals surface area contributed by atoms with Gasteiger partial charge in [-0.3, -0.25) is 4.79 Å². The molecule has 1 aromatic rings. The van der Waals surface area contributed by atoms with Crippen LogP contribution in [0.2, 0.25) is 0 Å². The van der Waals surface area contributed by atoms with Crippen molar-refractivity contribution in [2.75, 3.05) is 13.2 Å². The third kappa shape index (κ3) is 3.61. The summed E-state index contributed by atoms with van der Waals surface area (Å²) in [5.41, 5.74) is 6.45. The average Bonchev–Trinajstić information content (AvgIpc) is 2.34. The van der Waals surface area contributed by atoms with Crippen molar-refractivity contribution in [3.8, 4) is 11.5 Å². The van der Waals surface area contributed by atoms with Crippen LogP contribution in [0.4, 0.5) is 0 Å². The van der Waals surface area contributed by atoms with E-state index in [1.54, 1.807) is 6.92 Å². The van der Waals surface area contributed by atoms with Gasteiger partial charge in [-0.2, -0.15) is 0 Å². The summed E-state index contributed by atoms with van der Waals surface area (Å²) in [4.78, 5) is 11.3. The van der Waals surface area contributed by atoms with Crippen molar-refractivity contribution in [1.29, 1.82) is 0 Å². The van der Waals surface area contributed by atoms with Crippen LogP contribution in [0.25, 0.3) is 0 Å². The quantitative estimate of drug-likeness (QED) is 0.480. The molecule has 0 fully saturated rings. The molecule has 0 aromatic heterocycles. The second-order valence-corrected chi connectivity index (χ2v) is 4.09. The highest BCUT2D eigenvalue weighted by Crippen LogP contribution is 2.27. The first-order valence-electron chi connectivity index (χ1n) is 5.61. The fourth-order valence-corrected chi connectivity index (χ4v) is 1.43. The molecule has 0 heterocycles. The molecule has 0 bridgehead atoms. The number of hydrogen-bond donors (Lipinski definition) is 5. The van der Waals surface area contributed by atoms with E-state index in [-0.39, 0.29) is 11.5 Å². The molecule has 0 aliphatic carbocycles. The van der Waals surface area contributed by atoms with E-state index in [1.807, 2.05) is 0 Å². The normalized spacial score (nSPS) is 12.2. The molecule has 1 atom stereocenters. The molecule has 1 rings (SSSR count). The van der Waals surface area contributed by atoms with Crippen LogP contribution >= 0.6 is 0 Å². The van der Waals surface area contributed by atoms with E-state index in [2.05, 4.69) is 5.32 Å². The fraction of sp³-hybridized carbons (Fsp3) is 0.417. The van der Waals surface area contributed by atoms with Gasteiger partial charge in [0, 0.05) is 12.1 Å². The summed E-state index contributed by atoms with van der Waals surface area (Å²) < 4.78 is 0. The first-order chi connectivity index (χ1) is 8.45. The number of carbonyl (C=O) groups is 1. The zero-order valence-corrected chi connectivity index (χ0v) is 10.2. The van der Waals surface area contributed by atoms with Crippen molar-refractivity contribution in [2.24, 2.45) is 5.73 Å². The number of carbonyl (C=O) groups excluding carboxylic acids is 1. The van der Waals surface area contributed by atoms with Crippen molar-refractivity contribution in [3.63, 3.8) is 0 Å². The SMILES string of the molecule is Cc1c(O)cc(CCNC(=O)[C@@H](N)CO)cc1O. The summed E-state index contributed by atoms with van der Waals surface area (Å²) in [6, 6.07) is 2.14. The molecular weight excluding hydrogens is 236 g/mol. The Labute approximate surface area is 105 Å². The second kappa shape index (κ2) is 6.23. The summed E-state index contributed by atoms with van der Waals surface area (Å²) in [6.07, 6.45) is 0.450. The van der Waals surface area contributed by atoms with Crippen LogP contribution in [0.15, 0.2) is 12.1 Å². The lowest BCUT2D eigenvalue weighted by molar-refractivity contribution is -0.123. The summed E-state index contributed by atoms with van der Waals surface area (Å²) in [5, 5.41) is 30.3. The summed E-state index contributed by atoms with van der Waals surface area (Å²) in [7, 11) is 0. The molecule has 1 aromatic carbocycles. The largest absolute Gasteiger partial charge is 0.508 e. The van der Waals surface area contributed by atoms with E-state index in [0.717, 1.165) is 0 Å². The van der Waals surface area contributed by atoms with Gasteiger partial charge < -0.3 is 26.4 Å². The van der Waals surface area contributed by atoms with Crippen molar-refractivity contribution < 1.29 is 20.1 Å². The van der Waals surface area contributed by atoms with Gasteiger partial charge >= 0.3 is 0 Å². The monoisotopic (exact) mass is 254 g/mol. The van der Waals surface area contributed by atoms with Gasteiger partial charge in [-0.25, -0.2) is 0 Å². The zero-order valence-electron chi connectivity index (χ0n) is 10.2. The number of aliphatic hydroxyl groups excluding tert-OH is 1. The van der Waals surface area contributed by atoms with Gasteiger partial charge in [-0.05, 0) is 31.0 Å². The smallest absolute Gasteiger partial charge is 0.239 e. The van der Waals surface area contributed by atoms with Gasteiger partial charge in [0.25, 0.3) is 0 Å². The number of benzene rings is 1. The van der Waals surface area contributed by atoms with Crippen LogP contribution in [0, 0.1) is 6.92 Å². The van der Waals surface area contributed by atoms with Gasteiger partial charge in [-0.1, -0.05) is 0 Å². The molecule has 0 spiro atoms. The Balaban J connectivity index is 2.52. The lowest BCUT2D eigenvalue weighted by Gasteiger charge is -2.10. The lowest BCUT2D eigenvalue weighted by Crippen LogP contribution is -2.43. The fourth-order valence-electron chi connectivity index (χ4n) is 1.43. The number of phenols is 2. The summed E-state index contributed by atoms with van der Waals surface area (Å²) in [6.45, 7) is 1.52. The Morgan fingerprint density at radius 2 is 1.94 bits per heavy atom. The third-order valence-electron chi connectivity index (χ3n) is 2.66. The minimum atomic E-state index is -0.926. The molecule has 0 aliphatic heterocycles. The Bertz CT molecular complexity index is 411. The zero-order chi connectivity index (χ0) is 13.7. The molecule has 6 N–H and O–H groups in total. The maximum atomic E-state index is 11.3. The number of hydrogen-bond acceptors (Lipinski definition) is 5. The number of nitrogens with two attached hydrogens (primary N) is 1. The highest BCUT2D eigenvalue weighted by molar-refractivity contribution is 5.81. The van der Waals surface area contributed by atoms with E-state index in [1.165, 1.54) is 12.1 Å². The van der Waals surface area contributed by atoms with Crippen LogP contribution < -0.4 is 11.1 Å². The van der Waals surface area contributed by atoms with E-state index in [9.17, 15) is 15.0 Å². The number of phenolic OH excluding ortho intramolecular Hbond substituents is 2. The Hall–Kier alpha value is -1.79. The van der Waals surface area contributed by atoms with Gasteiger partial charge in [0.1, 0.15) is 17.5 Å². The van der Waals surface area contributed by atoms with Crippen molar-refractivity contribution in [2.45, 2.75) is 19.4 Å². The molecule has 1 amide bonds. The van der Waals surface area contributed by atoms with Gasteiger partial charge in [0.05, 0.1) is 6.61 Å². The van der Waals surface area contributed by atoms with E-state index in [4.69, 9.17) is 10.8 Å². The average molecular weight is 254 g/mol. The van der Waals surface area contributed by atoms with Crippen molar-refractivity contribution >= 4 is 5.91 Å². The highest BCUT2D eigenvalue weighted by atomic mass is 16.3. The number of rotatable bonds is 5. The topological polar surface area (TPSA) is 116 Å². The summed E-state index contributed by atoms with van der Waals surface area (Å²) >= 11 is 0. The molecule has 0 aliphatic rings. The Morgan fingerprint density at radius 3 is 2.44 bits per heavy atom. The molecule has 6 nitrogen and oxygen atoms in total. The number of amides is 1. The molecule has 18 heavy (non-hydrogen) atoms. The van der Waals surface area contributed by atoms with Crippen molar-refractivity contribution in [1.82, 2.24) is 5.32 Å². The number of nitrogens with one attached hydrogen (secondary N) is 1. The third-order valence-corrected chi connectivity index (χ3v) is 2.66.